The highest BCUT2D eigenvalue weighted by Crippen LogP contribution is 2.17. The molecule has 1 atom stereocenters. The van der Waals surface area contributed by atoms with Gasteiger partial charge in [0.2, 0.25) is 5.91 Å². The van der Waals surface area contributed by atoms with Crippen LogP contribution in [0.2, 0.25) is 0 Å². The van der Waals surface area contributed by atoms with Gasteiger partial charge in [-0.2, -0.15) is 0 Å². The number of carbonyl (C=O) groups is 2. The number of amides is 3. The Morgan fingerprint density at radius 1 is 1.16 bits per heavy atom. The minimum absolute atomic E-state index is 0.110. The molecule has 104 valence electrons. The van der Waals surface area contributed by atoms with Gasteiger partial charge in [-0.1, -0.05) is 0 Å². The maximum atomic E-state index is 11.5. The maximum Gasteiger partial charge on any atom is 0.318 e. The molecule has 19 heavy (non-hydrogen) atoms. The van der Waals surface area contributed by atoms with Gasteiger partial charge in [0.05, 0.1) is 6.10 Å². The van der Waals surface area contributed by atoms with Crippen LogP contribution in [0, 0.1) is 0 Å². The number of hydrogen-bond donors (Lipinski definition) is 3. The fraction of sp³-hybridized carbons (Fsp3) is 0.385. The molecule has 1 unspecified atom stereocenters. The summed E-state index contributed by atoms with van der Waals surface area (Å²) in [5, 5.41) is 4.97. The Hall–Kier alpha value is -2.24. The van der Waals surface area contributed by atoms with Crippen molar-refractivity contribution in [2.24, 2.45) is 5.73 Å². The van der Waals surface area contributed by atoms with Crippen LogP contribution in [0.15, 0.2) is 24.3 Å². The van der Waals surface area contributed by atoms with E-state index in [0.717, 1.165) is 11.4 Å². The van der Waals surface area contributed by atoms with Gasteiger partial charge >= 0.3 is 6.03 Å². The van der Waals surface area contributed by atoms with Crippen molar-refractivity contribution >= 4 is 17.6 Å². The van der Waals surface area contributed by atoms with E-state index in [9.17, 15) is 9.59 Å². The lowest BCUT2D eigenvalue weighted by molar-refractivity contribution is -0.120. The summed E-state index contributed by atoms with van der Waals surface area (Å²) in [7, 11) is 0. The maximum absolute atomic E-state index is 11.5. The van der Waals surface area contributed by atoms with Gasteiger partial charge in [-0.15, -0.1) is 0 Å². The SMILES string of the molecule is CC(C)Oc1ccc(NC(C)C(=O)NC(N)=O)cc1. The number of ether oxygens (including phenoxy) is 1. The zero-order valence-corrected chi connectivity index (χ0v) is 11.3. The quantitative estimate of drug-likeness (QED) is 0.751. The van der Waals surface area contributed by atoms with Gasteiger partial charge in [0, 0.05) is 5.69 Å². The number of rotatable bonds is 5. The predicted octanol–water partition coefficient (Wildman–Crippen LogP) is 1.47. The molecular formula is C13H19N3O3. The summed E-state index contributed by atoms with van der Waals surface area (Å²) in [6.45, 7) is 5.53. The zero-order valence-electron chi connectivity index (χ0n) is 11.3. The molecule has 0 aliphatic carbocycles. The minimum Gasteiger partial charge on any atom is -0.491 e. The molecule has 0 heterocycles. The second-order valence-corrected chi connectivity index (χ2v) is 4.41. The summed E-state index contributed by atoms with van der Waals surface area (Å²) < 4.78 is 5.51. The van der Waals surface area contributed by atoms with Gasteiger partial charge in [-0.05, 0) is 45.0 Å². The van der Waals surface area contributed by atoms with Crippen molar-refractivity contribution in [2.45, 2.75) is 32.9 Å². The van der Waals surface area contributed by atoms with Crippen LogP contribution < -0.4 is 21.1 Å². The van der Waals surface area contributed by atoms with Crippen molar-refractivity contribution in [3.05, 3.63) is 24.3 Å². The number of nitrogens with one attached hydrogen (secondary N) is 2. The number of carbonyl (C=O) groups excluding carboxylic acids is 2. The topological polar surface area (TPSA) is 93.4 Å². The molecule has 1 aromatic rings. The van der Waals surface area contributed by atoms with Crippen molar-refractivity contribution in [3.63, 3.8) is 0 Å². The fourth-order valence-corrected chi connectivity index (χ4v) is 1.45. The standard InChI is InChI=1S/C13H19N3O3/c1-8(2)19-11-6-4-10(5-7-11)15-9(3)12(17)16-13(14)18/h4-9,15H,1-3H3,(H3,14,16,17,18). The Morgan fingerprint density at radius 2 is 1.74 bits per heavy atom. The van der Waals surface area contributed by atoms with Crippen LogP contribution in [-0.4, -0.2) is 24.1 Å². The predicted molar refractivity (Wildman–Crippen MR) is 73.0 cm³/mol. The lowest BCUT2D eigenvalue weighted by Crippen LogP contribution is -2.43. The first-order valence-electron chi connectivity index (χ1n) is 6.02. The van der Waals surface area contributed by atoms with Gasteiger partial charge in [0.1, 0.15) is 11.8 Å². The van der Waals surface area contributed by atoms with Gasteiger partial charge in [0.25, 0.3) is 0 Å². The van der Waals surface area contributed by atoms with E-state index in [-0.39, 0.29) is 6.10 Å². The Kier molecular flexibility index (Phi) is 5.17. The third-order valence-electron chi connectivity index (χ3n) is 2.25. The summed E-state index contributed by atoms with van der Waals surface area (Å²) in [5.74, 6) is 0.282. The monoisotopic (exact) mass is 265 g/mol. The molecule has 0 bridgehead atoms. The molecule has 0 spiro atoms. The smallest absolute Gasteiger partial charge is 0.318 e. The average Bonchev–Trinajstić information content (AvgIpc) is 2.30. The molecule has 3 amide bonds. The Balaban J connectivity index is 2.57. The summed E-state index contributed by atoms with van der Waals surface area (Å²) in [5.41, 5.74) is 5.63. The lowest BCUT2D eigenvalue weighted by atomic mass is 10.2. The Morgan fingerprint density at radius 3 is 2.21 bits per heavy atom. The molecule has 1 aromatic carbocycles. The number of anilines is 1. The Bertz CT molecular complexity index is 443. The highest BCUT2D eigenvalue weighted by atomic mass is 16.5. The minimum atomic E-state index is -0.862. The van der Waals surface area contributed by atoms with Crippen LogP contribution in [0.5, 0.6) is 5.75 Å². The summed E-state index contributed by atoms with van der Waals surface area (Å²) >= 11 is 0. The van der Waals surface area contributed by atoms with E-state index in [0.29, 0.717) is 0 Å². The van der Waals surface area contributed by atoms with Crippen molar-refractivity contribution in [1.29, 1.82) is 0 Å². The first kappa shape index (κ1) is 14.8. The van der Waals surface area contributed by atoms with Crippen LogP contribution in [0.1, 0.15) is 20.8 Å². The normalized spacial score (nSPS) is 11.8. The van der Waals surface area contributed by atoms with Crippen LogP contribution in [0.4, 0.5) is 10.5 Å². The molecule has 6 heteroatoms. The van der Waals surface area contributed by atoms with Crippen LogP contribution >= 0.6 is 0 Å². The molecule has 4 N–H and O–H groups in total. The molecule has 0 radical (unpaired) electrons. The number of imide groups is 1. The largest absolute Gasteiger partial charge is 0.491 e. The molecule has 0 aliphatic heterocycles. The highest BCUT2D eigenvalue weighted by molar-refractivity contribution is 5.97. The number of nitrogens with two attached hydrogens (primary N) is 1. The molecule has 0 fully saturated rings. The second kappa shape index (κ2) is 6.63. The molecule has 0 aliphatic rings. The van der Waals surface area contributed by atoms with Crippen molar-refractivity contribution < 1.29 is 14.3 Å². The van der Waals surface area contributed by atoms with E-state index < -0.39 is 18.0 Å². The van der Waals surface area contributed by atoms with Crippen molar-refractivity contribution in [3.8, 4) is 5.75 Å². The average molecular weight is 265 g/mol. The molecular weight excluding hydrogens is 246 g/mol. The van der Waals surface area contributed by atoms with Crippen LogP contribution in [-0.2, 0) is 4.79 Å². The first-order chi connectivity index (χ1) is 8.88. The van der Waals surface area contributed by atoms with Crippen molar-refractivity contribution in [2.75, 3.05) is 5.32 Å². The van der Waals surface area contributed by atoms with E-state index in [2.05, 4.69) is 5.32 Å². The number of urea groups is 1. The second-order valence-electron chi connectivity index (χ2n) is 4.41. The van der Waals surface area contributed by atoms with Crippen LogP contribution in [0.25, 0.3) is 0 Å². The first-order valence-corrected chi connectivity index (χ1v) is 6.02. The van der Waals surface area contributed by atoms with E-state index in [1.165, 1.54) is 0 Å². The number of benzene rings is 1. The van der Waals surface area contributed by atoms with E-state index in [1.807, 2.05) is 19.2 Å². The summed E-state index contributed by atoms with van der Waals surface area (Å²) in [6.07, 6.45) is 0.110. The van der Waals surface area contributed by atoms with E-state index in [4.69, 9.17) is 10.5 Å². The third-order valence-corrected chi connectivity index (χ3v) is 2.25. The van der Waals surface area contributed by atoms with Gasteiger partial charge < -0.3 is 15.8 Å². The van der Waals surface area contributed by atoms with E-state index >= 15 is 0 Å². The van der Waals surface area contributed by atoms with Gasteiger partial charge in [-0.25, -0.2) is 4.79 Å². The van der Waals surface area contributed by atoms with Gasteiger partial charge in [-0.3, -0.25) is 10.1 Å². The molecule has 1 rings (SSSR count). The molecule has 6 nitrogen and oxygen atoms in total. The van der Waals surface area contributed by atoms with Crippen LogP contribution in [0.3, 0.4) is 0 Å². The third kappa shape index (κ3) is 5.29. The summed E-state index contributed by atoms with van der Waals surface area (Å²) in [6, 6.07) is 5.78. The Labute approximate surface area is 112 Å². The lowest BCUT2D eigenvalue weighted by Gasteiger charge is -2.15. The number of hydrogen-bond acceptors (Lipinski definition) is 4. The molecule has 0 saturated heterocycles. The molecule has 0 aromatic heterocycles. The number of primary amides is 1. The van der Waals surface area contributed by atoms with Gasteiger partial charge in [0.15, 0.2) is 0 Å². The van der Waals surface area contributed by atoms with Crippen molar-refractivity contribution in [1.82, 2.24) is 5.32 Å². The fourth-order valence-electron chi connectivity index (χ4n) is 1.45. The molecule has 0 saturated carbocycles. The zero-order chi connectivity index (χ0) is 14.4. The highest BCUT2D eigenvalue weighted by Gasteiger charge is 2.13. The summed E-state index contributed by atoms with van der Waals surface area (Å²) in [4.78, 5) is 22.0. The van der Waals surface area contributed by atoms with E-state index in [1.54, 1.807) is 31.2 Å².